The molecule has 0 unspecified atom stereocenters. The molecule has 1 aromatic carbocycles. The monoisotopic (exact) mass is 215 g/mol. The Bertz CT molecular complexity index is 424. The second-order valence-corrected chi connectivity index (χ2v) is 3.79. The van der Waals surface area contributed by atoms with Gasteiger partial charge in [0.25, 0.3) is 0 Å². The van der Waals surface area contributed by atoms with Crippen molar-refractivity contribution in [1.29, 1.82) is 0 Å². The number of nitrogens with zero attached hydrogens (tertiary/aromatic N) is 1. The van der Waals surface area contributed by atoms with Crippen molar-refractivity contribution in [2.24, 2.45) is 0 Å². The lowest BCUT2D eigenvalue weighted by Crippen LogP contribution is -2.13. The maximum Gasteiger partial charge on any atom is 0.134 e. The molecule has 0 amide bonds. The first kappa shape index (κ1) is 12.4. The third-order valence-electron chi connectivity index (χ3n) is 1.99. The molecule has 0 aliphatic rings. The fraction of sp³-hybridized carbons (Fsp3) is 0.286. The average molecular weight is 215 g/mol. The van der Waals surface area contributed by atoms with Crippen LogP contribution < -0.4 is 4.74 Å². The lowest BCUT2D eigenvalue weighted by Gasteiger charge is -2.07. The normalized spacial score (nSPS) is 9.50. The van der Waals surface area contributed by atoms with Crippen LogP contribution in [0.3, 0.4) is 0 Å². The zero-order valence-corrected chi connectivity index (χ0v) is 10.1. The van der Waals surface area contributed by atoms with E-state index in [1.807, 2.05) is 43.3 Å². The summed E-state index contributed by atoms with van der Waals surface area (Å²) in [5, 5.41) is 0. The van der Waals surface area contributed by atoms with E-state index in [-0.39, 0.29) is 0 Å². The van der Waals surface area contributed by atoms with Gasteiger partial charge in [0, 0.05) is 12.1 Å². The number of likely N-dealkylation sites (N-methyl/N-ethyl adjacent to an activating group) is 1. The quantitative estimate of drug-likeness (QED) is 0.716. The fourth-order valence-corrected chi connectivity index (χ4v) is 1.32. The van der Waals surface area contributed by atoms with Crippen molar-refractivity contribution >= 4 is 0 Å². The van der Waals surface area contributed by atoms with E-state index < -0.39 is 0 Å². The van der Waals surface area contributed by atoms with Crippen LogP contribution in [0, 0.1) is 11.8 Å². The summed E-state index contributed by atoms with van der Waals surface area (Å²) >= 11 is 0. The smallest absolute Gasteiger partial charge is 0.134 e. The lowest BCUT2D eigenvalue weighted by molar-refractivity contribution is 0.413. The van der Waals surface area contributed by atoms with Crippen molar-refractivity contribution in [2.75, 3.05) is 27.7 Å². The molecule has 84 valence electrons. The number of para-hydroxylation sites is 1. The average Bonchev–Trinajstić information content (AvgIpc) is 2.26. The zero-order valence-electron chi connectivity index (χ0n) is 10.1. The minimum Gasteiger partial charge on any atom is -0.495 e. The molecular weight excluding hydrogens is 198 g/mol. The van der Waals surface area contributed by atoms with Crippen molar-refractivity contribution < 1.29 is 4.74 Å². The molecule has 0 bridgehead atoms. The molecule has 1 aromatic rings. The Kier molecular flexibility index (Phi) is 4.63. The summed E-state index contributed by atoms with van der Waals surface area (Å²) in [5.41, 5.74) is 1.79. The van der Waals surface area contributed by atoms with E-state index in [0.717, 1.165) is 23.4 Å². The first-order chi connectivity index (χ1) is 7.63. The van der Waals surface area contributed by atoms with Gasteiger partial charge < -0.3 is 9.64 Å². The van der Waals surface area contributed by atoms with Gasteiger partial charge in [-0.25, -0.2) is 0 Å². The summed E-state index contributed by atoms with van der Waals surface area (Å²) in [4.78, 5) is 2.04. The fourth-order valence-electron chi connectivity index (χ4n) is 1.32. The highest BCUT2D eigenvalue weighted by Gasteiger charge is 1.97. The predicted octanol–water partition coefficient (Wildman–Crippen LogP) is 2.16. The molecule has 0 radical (unpaired) electrons. The van der Waals surface area contributed by atoms with Crippen LogP contribution in [0.15, 0.2) is 36.4 Å². The second-order valence-electron chi connectivity index (χ2n) is 3.79. The molecule has 0 aromatic heterocycles. The Hall–Kier alpha value is -1.72. The van der Waals surface area contributed by atoms with Gasteiger partial charge in [0.15, 0.2) is 0 Å². The highest BCUT2D eigenvalue weighted by molar-refractivity contribution is 5.48. The van der Waals surface area contributed by atoms with Crippen molar-refractivity contribution in [3.8, 4) is 17.6 Å². The largest absolute Gasteiger partial charge is 0.495 e. The van der Waals surface area contributed by atoms with Gasteiger partial charge in [0.1, 0.15) is 5.75 Å². The summed E-state index contributed by atoms with van der Waals surface area (Å²) < 4.78 is 5.22. The SMILES string of the molecule is C=C(C#Cc1ccccc1OC)CN(C)C. The molecule has 0 aliphatic carbocycles. The Morgan fingerprint density at radius 2 is 2.06 bits per heavy atom. The standard InChI is InChI=1S/C14H17NO/c1-12(11-15(2)3)9-10-13-7-5-6-8-14(13)16-4/h5-8H,1,11H2,2-4H3. The Morgan fingerprint density at radius 1 is 1.38 bits per heavy atom. The van der Waals surface area contributed by atoms with Crippen LogP contribution in [0.4, 0.5) is 0 Å². The van der Waals surface area contributed by atoms with Crippen LogP contribution in [0.25, 0.3) is 0 Å². The summed E-state index contributed by atoms with van der Waals surface area (Å²) in [6.45, 7) is 4.69. The van der Waals surface area contributed by atoms with Gasteiger partial charge in [-0.1, -0.05) is 30.6 Å². The molecule has 16 heavy (non-hydrogen) atoms. The van der Waals surface area contributed by atoms with Crippen LogP contribution >= 0.6 is 0 Å². The third kappa shape index (κ3) is 3.80. The number of ether oxygens (including phenoxy) is 1. The molecule has 0 heterocycles. The summed E-state index contributed by atoms with van der Waals surface area (Å²) in [6, 6.07) is 7.72. The first-order valence-electron chi connectivity index (χ1n) is 5.11. The maximum atomic E-state index is 5.22. The van der Waals surface area contributed by atoms with Crippen molar-refractivity contribution in [3.05, 3.63) is 42.0 Å². The molecule has 0 spiro atoms. The van der Waals surface area contributed by atoms with Gasteiger partial charge in [-0.05, 0) is 26.2 Å². The van der Waals surface area contributed by atoms with Gasteiger partial charge in [0.2, 0.25) is 0 Å². The number of methoxy groups -OCH3 is 1. The van der Waals surface area contributed by atoms with Crippen molar-refractivity contribution in [3.63, 3.8) is 0 Å². The first-order valence-corrected chi connectivity index (χ1v) is 5.11. The molecule has 0 atom stereocenters. The zero-order chi connectivity index (χ0) is 12.0. The predicted molar refractivity (Wildman–Crippen MR) is 67.6 cm³/mol. The Balaban J connectivity index is 2.80. The van der Waals surface area contributed by atoms with E-state index in [1.54, 1.807) is 7.11 Å². The highest BCUT2D eigenvalue weighted by atomic mass is 16.5. The van der Waals surface area contributed by atoms with E-state index >= 15 is 0 Å². The van der Waals surface area contributed by atoms with E-state index in [0.29, 0.717) is 0 Å². The second kappa shape index (κ2) is 5.99. The molecule has 0 N–H and O–H groups in total. The van der Waals surface area contributed by atoms with Gasteiger partial charge in [-0.3, -0.25) is 0 Å². The van der Waals surface area contributed by atoms with E-state index in [2.05, 4.69) is 18.4 Å². The molecule has 1 rings (SSSR count). The molecule has 0 saturated carbocycles. The summed E-state index contributed by atoms with van der Waals surface area (Å²) in [7, 11) is 5.64. The maximum absolute atomic E-state index is 5.22. The van der Waals surface area contributed by atoms with Crippen molar-refractivity contribution in [2.45, 2.75) is 0 Å². The van der Waals surface area contributed by atoms with Gasteiger partial charge in [-0.2, -0.15) is 0 Å². The summed E-state index contributed by atoms with van der Waals surface area (Å²) in [6.07, 6.45) is 0. The number of hydrogen-bond acceptors (Lipinski definition) is 2. The topological polar surface area (TPSA) is 12.5 Å². The van der Waals surface area contributed by atoms with Crippen LogP contribution in [-0.4, -0.2) is 32.6 Å². The van der Waals surface area contributed by atoms with Gasteiger partial charge in [-0.15, -0.1) is 0 Å². The lowest BCUT2D eigenvalue weighted by atomic mass is 10.2. The number of hydrogen-bond donors (Lipinski definition) is 0. The van der Waals surface area contributed by atoms with E-state index in [1.165, 1.54) is 0 Å². The Morgan fingerprint density at radius 3 is 2.69 bits per heavy atom. The molecule has 0 aliphatic heterocycles. The molecule has 0 fully saturated rings. The molecule has 2 heteroatoms. The Labute approximate surface area is 97.5 Å². The van der Waals surface area contributed by atoms with Crippen LogP contribution in [-0.2, 0) is 0 Å². The molecular formula is C14H17NO. The van der Waals surface area contributed by atoms with Crippen LogP contribution in [0.1, 0.15) is 5.56 Å². The third-order valence-corrected chi connectivity index (χ3v) is 1.99. The van der Waals surface area contributed by atoms with Crippen molar-refractivity contribution in [1.82, 2.24) is 4.90 Å². The van der Waals surface area contributed by atoms with Gasteiger partial charge in [0.05, 0.1) is 12.7 Å². The van der Waals surface area contributed by atoms with E-state index in [9.17, 15) is 0 Å². The van der Waals surface area contributed by atoms with Gasteiger partial charge >= 0.3 is 0 Å². The van der Waals surface area contributed by atoms with Crippen LogP contribution in [0.2, 0.25) is 0 Å². The molecule has 2 nitrogen and oxygen atoms in total. The summed E-state index contributed by atoms with van der Waals surface area (Å²) in [5.74, 6) is 6.91. The van der Waals surface area contributed by atoms with Crippen LogP contribution in [0.5, 0.6) is 5.75 Å². The number of benzene rings is 1. The minimum absolute atomic E-state index is 0.780. The van der Waals surface area contributed by atoms with E-state index in [4.69, 9.17) is 4.74 Å². The highest BCUT2D eigenvalue weighted by Crippen LogP contribution is 2.15. The molecule has 0 saturated heterocycles. The number of rotatable bonds is 3. The minimum atomic E-state index is 0.780.